The molecule has 1 aliphatic heterocycles. The summed E-state index contributed by atoms with van der Waals surface area (Å²) in [6, 6.07) is 10.0. The number of piperazine rings is 1. The van der Waals surface area contributed by atoms with Gasteiger partial charge in [0.05, 0.1) is 12.8 Å². The van der Waals surface area contributed by atoms with E-state index in [9.17, 15) is 0 Å². The van der Waals surface area contributed by atoms with Crippen molar-refractivity contribution >= 4 is 11.3 Å². The van der Waals surface area contributed by atoms with Gasteiger partial charge in [-0.1, -0.05) is 6.58 Å². The average Bonchev–Trinajstić information content (AvgIpc) is 2.72. The van der Waals surface area contributed by atoms with Gasteiger partial charge in [-0.2, -0.15) is 0 Å². The lowest BCUT2D eigenvalue weighted by Crippen LogP contribution is -2.44. The molecule has 148 valence electrons. The second kappa shape index (κ2) is 8.91. The summed E-state index contributed by atoms with van der Waals surface area (Å²) in [6.45, 7) is 10.4. The van der Waals surface area contributed by atoms with Gasteiger partial charge < -0.3 is 20.0 Å². The quantitative estimate of drug-likeness (QED) is 0.457. The summed E-state index contributed by atoms with van der Waals surface area (Å²) in [4.78, 5) is 8.81. The van der Waals surface area contributed by atoms with E-state index in [1.165, 1.54) is 0 Å². The van der Waals surface area contributed by atoms with E-state index in [4.69, 9.17) is 10.6 Å². The molecule has 1 fully saturated rings. The standard InChI is InChI=1S/C22H29N5O/c1-16-15-19(5-6-20(16)28-4)22(25-23)21(18-7-9-24-10-8-18)17(2)27-13-11-26(3)12-14-27/h5-10,15,25H,2,11-14,23H2,1,3-4H3/b22-21+. The molecule has 0 aliphatic carbocycles. The van der Waals surface area contributed by atoms with Gasteiger partial charge in [-0.05, 0) is 55.4 Å². The second-order valence-corrected chi connectivity index (χ2v) is 7.05. The van der Waals surface area contributed by atoms with Gasteiger partial charge in [-0.25, -0.2) is 0 Å². The average molecular weight is 380 g/mol. The fraction of sp³-hybridized carbons (Fsp3) is 0.318. The molecule has 0 bridgehead atoms. The molecular weight excluding hydrogens is 350 g/mol. The summed E-state index contributed by atoms with van der Waals surface area (Å²) in [5.41, 5.74) is 8.77. The lowest BCUT2D eigenvalue weighted by atomic mass is 9.96. The predicted octanol–water partition coefficient (Wildman–Crippen LogP) is 2.49. The third-order valence-electron chi connectivity index (χ3n) is 5.22. The van der Waals surface area contributed by atoms with Crippen LogP contribution >= 0.6 is 0 Å². The summed E-state index contributed by atoms with van der Waals surface area (Å²) < 4.78 is 5.40. The van der Waals surface area contributed by atoms with Crippen LogP contribution in [0.2, 0.25) is 0 Å². The highest BCUT2D eigenvalue weighted by molar-refractivity contribution is 5.96. The molecule has 3 N–H and O–H groups in total. The number of allylic oxidation sites excluding steroid dienone is 1. The second-order valence-electron chi connectivity index (χ2n) is 7.05. The maximum Gasteiger partial charge on any atom is 0.121 e. The van der Waals surface area contributed by atoms with Crippen LogP contribution < -0.4 is 16.0 Å². The third kappa shape index (κ3) is 4.18. The smallest absolute Gasteiger partial charge is 0.121 e. The van der Waals surface area contributed by atoms with Crippen molar-refractivity contribution in [1.29, 1.82) is 0 Å². The Morgan fingerprint density at radius 1 is 1.11 bits per heavy atom. The minimum atomic E-state index is 0.834. The number of pyridine rings is 1. The fourth-order valence-electron chi connectivity index (χ4n) is 3.54. The van der Waals surface area contributed by atoms with Crippen molar-refractivity contribution in [3.05, 3.63) is 71.7 Å². The van der Waals surface area contributed by atoms with Crippen LogP contribution in [0.4, 0.5) is 0 Å². The van der Waals surface area contributed by atoms with Crippen molar-refractivity contribution in [2.45, 2.75) is 6.92 Å². The largest absolute Gasteiger partial charge is 0.496 e. The van der Waals surface area contributed by atoms with E-state index >= 15 is 0 Å². The molecule has 0 saturated carbocycles. The van der Waals surface area contributed by atoms with Crippen molar-refractivity contribution in [2.75, 3.05) is 40.3 Å². The van der Waals surface area contributed by atoms with Crippen LogP contribution in [-0.4, -0.2) is 55.1 Å². The zero-order chi connectivity index (χ0) is 20.1. The summed E-state index contributed by atoms with van der Waals surface area (Å²) in [5.74, 6) is 6.88. The first-order chi connectivity index (χ1) is 13.5. The lowest BCUT2D eigenvalue weighted by molar-refractivity contribution is 0.192. The van der Waals surface area contributed by atoms with E-state index in [0.29, 0.717) is 0 Å². The van der Waals surface area contributed by atoms with E-state index in [1.54, 1.807) is 19.5 Å². The Balaban J connectivity index is 2.10. The summed E-state index contributed by atoms with van der Waals surface area (Å²) in [5, 5.41) is 0. The van der Waals surface area contributed by atoms with Gasteiger partial charge in [0.1, 0.15) is 5.75 Å². The van der Waals surface area contributed by atoms with Gasteiger partial charge in [0.25, 0.3) is 0 Å². The number of likely N-dealkylation sites (N-methyl/N-ethyl adjacent to an activating group) is 1. The number of nitrogens with one attached hydrogen (secondary N) is 1. The van der Waals surface area contributed by atoms with Gasteiger partial charge in [-0.15, -0.1) is 0 Å². The van der Waals surface area contributed by atoms with Crippen LogP contribution in [0.15, 0.2) is 55.0 Å². The van der Waals surface area contributed by atoms with Gasteiger partial charge in [0.15, 0.2) is 0 Å². The zero-order valence-corrected chi connectivity index (χ0v) is 16.9. The number of rotatable bonds is 6. The molecule has 1 saturated heterocycles. The number of aryl methyl sites for hydroxylation is 1. The van der Waals surface area contributed by atoms with E-state index in [-0.39, 0.29) is 0 Å². The molecule has 6 heteroatoms. The molecule has 28 heavy (non-hydrogen) atoms. The fourth-order valence-corrected chi connectivity index (χ4v) is 3.54. The van der Waals surface area contributed by atoms with Crippen LogP contribution in [-0.2, 0) is 0 Å². The summed E-state index contributed by atoms with van der Waals surface area (Å²) >= 11 is 0. The Morgan fingerprint density at radius 3 is 2.36 bits per heavy atom. The van der Waals surface area contributed by atoms with E-state index in [1.807, 2.05) is 31.2 Å². The molecule has 6 nitrogen and oxygen atoms in total. The van der Waals surface area contributed by atoms with Crippen LogP contribution in [0.1, 0.15) is 16.7 Å². The van der Waals surface area contributed by atoms with Crippen molar-refractivity contribution in [2.24, 2.45) is 5.84 Å². The van der Waals surface area contributed by atoms with Crippen LogP contribution in [0.3, 0.4) is 0 Å². The summed E-state index contributed by atoms with van der Waals surface area (Å²) in [7, 11) is 3.82. The van der Waals surface area contributed by atoms with Crippen molar-refractivity contribution in [3.8, 4) is 5.75 Å². The van der Waals surface area contributed by atoms with Gasteiger partial charge in [0.2, 0.25) is 0 Å². The number of methoxy groups -OCH3 is 1. The molecule has 1 aliphatic rings. The minimum Gasteiger partial charge on any atom is -0.496 e. The first-order valence-electron chi connectivity index (χ1n) is 9.44. The number of benzene rings is 1. The lowest BCUT2D eigenvalue weighted by Gasteiger charge is -2.36. The molecule has 0 radical (unpaired) electrons. The van der Waals surface area contributed by atoms with E-state index in [0.717, 1.165) is 65.6 Å². The molecule has 0 amide bonds. The van der Waals surface area contributed by atoms with Crippen molar-refractivity contribution < 1.29 is 4.74 Å². The van der Waals surface area contributed by atoms with Crippen molar-refractivity contribution in [3.63, 3.8) is 0 Å². The Bertz CT molecular complexity index is 854. The highest BCUT2D eigenvalue weighted by Gasteiger charge is 2.22. The van der Waals surface area contributed by atoms with Crippen LogP contribution in [0, 0.1) is 6.92 Å². The minimum absolute atomic E-state index is 0.834. The first-order valence-corrected chi connectivity index (χ1v) is 9.44. The third-order valence-corrected chi connectivity index (χ3v) is 5.22. The van der Waals surface area contributed by atoms with Crippen LogP contribution in [0.25, 0.3) is 11.3 Å². The number of nitrogens with two attached hydrogens (primary N) is 1. The molecule has 1 aromatic heterocycles. The molecule has 1 aromatic carbocycles. The Hall–Kier alpha value is -2.83. The van der Waals surface area contributed by atoms with Crippen LogP contribution in [0.5, 0.6) is 5.75 Å². The Kier molecular flexibility index (Phi) is 6.34. The molecule has 0 spiro atoms. The maximum absolute atomic E-state index is 6.03. The SMILES string of the molecule is C=C(/C(=C(\NN)c1ccc(OC)c(C)c1)c1ccncc1)N1CCN(C)CC1. The van der Waals surface area contributed by atoms with E-state index < -0.39 is 0 Å². The Labute approximate surface area is 167 Å². The van der Waals surface area contributed by atoms with Gasteiger partial charge in [0, 0.05) is 55.4 Å². The first kappa shape index (κ1) is 19.9. The molecule has 0 atom stereocenters. The van der Waals surface area contributed by atoms with Crippen molar-refractivity contribution in [1.82, 2.24) is 20.2 Å². The summed E-state index contributed by atoms with van der Waals surface area (Å²) in [6.07, 6.45) is 3.58. The monoisotopic (exact) mass is 379 g/mol. The number of nitrogens with zero attached hydrogens (tertiary/aromatic N) is 3. The van der Waals surface area contributed by atoms with Gasteiger partial charge >= 0.3 is 0 Å². The molecular formula is C22H29N5O. The number of hydrogen-bond donors (Lipinski definition) is 2. The predicted molar refractivity (Wildman–Crippen MR) is 114 cm³/mol. The highest BCUT2D eigenvalue weighted by Crippen LogP contribution is 2.33. The maximum atomic E-state index is 6.03. The Morgan fingerprint density at radius 2 is 1.79 bits per heavy atom. The number of ether oxygens (including phenoxy) is 1. The normalized spacial score (nSPS) is 15.8. The number of hydrogen-bond acceptors (Lipinski definition) is 6. The number of aromatic nitrogens is 1. The molecule has 2 heterocycles. The van der Waals surface area contributed by atoms with Gasteiger partial charge in [-0.3, -0.25) is 10.8 Å². The topological polar surface area (TPSA) is 66.7 Å². The molecule has 2 aromatic rings. The van der Waals surface area contributed by atoms with E-state index in [2.05, 4.69) is 39.9 Å². The zero-order valence-electron chi connectivity index (χ0n) is 16.9. The molecule has 0 unspecified atom stereocenters. The number of hydrazine groups is 1. The molecule has 3 rings (SSSR count). The highest BCUT2D eigenvalue weighted by atomic mass is 16.5.